The first-order valence-corrected chi connectivity index (χ1v) is 9.83. The van der Waals surface area contributed by atoms with Crippen molar-refractivity contribution in [1.82, 2.24) is 0 Å². The molecule has 6 nitrogen and oxygen atoms in total. The number of carbonyl (C=O) groups excluding carboxylic acids is 1. The zero-order valence-electron chi connectivity index (χ0n) is 17.8. The first-order valence-electron chi connectivity index (χ1n) is 9.83. The van der Waals surface area contributed by atoms with E-state index in [1.165, 1.54) is 6.08 Å². The van der Waals surface area contributed by atoms with Crippen LogP contribution in [0, 0.1) is 0 Å². The van der Waals surface area contributed by atoms with Crippen molar-refractivity contribution in [2.24, 2.45) is 0 Å². The zero-order valence-corrected chi connectivity index (χ0v) is 17.8. The molecule has 0 heterocycles. The maximum absolute atomic E-state index is 12.3. The second-order valence-corrected chi connectivity index (χ2v) is 6.46. The van der Waals surface area contributed by atoms with E-state index in [4.69, 9.17) is 18.9 Å². The van der Waals surface area contributed by atoms with E-state index >= 15 is 0 Å². The Kier molecular flexibility index (Phi) is 7.54. The van der Waals surface area contributed by atoms with Crippen molar-refractivity contribution in [3.63, 3.8) is 0 Å². The molecule has 0 aliphatic carbocycles. The normalized spacial score (nSPS) is 10.5. The molecule has 31 heavy (non-hydrogen) atoms. The number of methoxy groups -OCH3 is 2. The van der Waals surface area contributed by atoms with Crippen molar-refractivity contribution in [2.45, 2.75) is 6.92 Å². The van der Waals surface area contributed by atoms with Crippen LogP contribution in [0.1, 0.15) is 12.5 Å². The van der Waals surface area contributed by atoms with Crippen molar-refractivity contribution in [1.29, 1.82) is 0 Å². The summed E-state index contributed by atoms with van der Waals surface area (Å²) in [4.78, 5) is 12.3. The summed E-state index contributed by atoms with van der Waals surface area (Å²) in [6.45, 7) is 2.56. The van der Waals surface area contributed by atoms with Crippen LogP contribution < -0.4 is 24.3 Å². The number of rotatable bonds is 9. The van der Waals surface area contributed by atoms with E-state index in [-0.39, 0.29) is 5.91 Å². The summed E-state index contributed by atoms with van der Waals surface area (Å²) in [6, 6.07) is 19.9. The van der Waals surface area contributed by atoms with Crippen LogP contribution in [0.5, 0.6) is 28.7 Å². The van der Waals surface area contributed by atoms with Gasteiger partial charge in [-0.05, 0) is 79.7 Å². The van der Waals surface area contributed by atoms with E-state index < -0.39 is 0 Å². The van der Waals surface area contributed by atoms with Crippen LogP contribution >= 0.6 is 0 Å². The number of hydrogen-bond acceptors (Lipinski definition) is 5. The maximum Gasteiger partial charge on any atom is 0.248 e. The van der Waals surface area contributed by atoms with Crippen LogP contribution in [0.15, 0.2) is 72.8 Å². The Bertz CT molecular complexity index is 1030. The standard InChI is InChI=1S/C25H25NO5/c1-4-30-20-10-12-22(13-11-20)31-21-8-6-19(7-9-21)26-25(27)16-5-18-17-23(28-2)14-15-24(18)29-3/h5-17H,4H2,1-3H3,(H,26,27)/b16-5+. The molecule has 0 fully saturated rings. The Morgan fingerprint density at radius 3 is 2.06 bits per heavy atom. The fraction of sp³-hybridized carbons (Fsp3) is 0.160. The van der Waals surface area contributed by atoms with Crippen LogP contribution in [0.2, 0.25) is 0 Å². The number of hydrogen-bond donors (Lipinski definition) is 1. The minimum Gasteiger partial charge on any atom is -0.497 e. The highest BCUT2D eigenvalue weighted by molar-refractivity contribution is 6.02. The quantitative estimate of drug-likeness (QED) is 0.461. The first kappa shape index (κ1) is 21.8. The average molecular weight is 419 g/mol. The smallest absolute Gasteiger partial charge is 0.248 e. The highest BCUT2D eigenvalue weighted by Gasteiger charge is 2.04. The van der Waals surface area contributed by atoms with Crippen molar-refractivity contribution in [2.75, 3.05) is 26.1 Å². The minimum absolute atomic E-state index is 0.259. The van der Waals surface area contributed by atoms with Gasteiger partial charge in [0.2, 0.25) is 5.91 Å². The molecule has 0 saturated heterocycles. The van der Waals surface area contributed by atoms with E-state index in [0.29, 0.717) is 35.3 Å². The van der Waals surface area contributed by atoms with Gasteiger partial charge in [0.25, 0.3) is 0 Å². The fourth-order valence-corrected chi connectivity index (χ4v) is 2.83. The van der Waals surface area contributed by atoms with Crippen molar-refractivity contribution in [3.8, 4) is 28.7 Å². The molecule has 0 spiro atoms. The van der Waals surface area contributed by atoms with E-state index in [0.717, 1.165) is 11.3 Å². The second kappa shape index (κ2) is 10.7. The number of ether oxygens (including phenoxy) is 4. The summed E-state index contributed by atoms with van der Waals surface area (Å²) >= 11 is 0. The zero-order chi connectivity index (χ0) is 22.1. The molecule has 0 aliphatic heterocycles. The molecule has 6 heteroatoms. The summed E-state index contributed by atoms with van der Waals surface area (Å²) in [5.41, 5.74) is 1.41. The van der Waals surface area contributed by atoms with Crippen molar-refractivity contribution in [3.05, 3.63) is 78.4 Å². The Morgan fingerprint density at radius 2 is 1.45 bits per heavy atom. The molecule has 0 unspecified atom stereocenters. The predicted octanol–water partition coefficient (Wildman–Crippen LogP) is 5.55. The lowest BCUT2D eigenvalue weighted by Crippen LogP contribution is -2.07. The number of nitrogens with one attached hydrogen (secondary N) is 1. The van der Waals surface area contributed by atoms with E-state index in [2.05, 4.69) is 5.32 Å². The molecule has 3 aromatic rings. The molecule has 0 aliphatic rings. The van der Waals surface area contributed by atoms with Gasteiger partial charge in [-0.1, -0.05) is 0 Å². The van der Waals surface area contributed by atoms with E-state index in [1.807, 2.05) is 31.2 Å². The molecule has 1 N–H and O–H groups in total. The van der Waals surface area contributed by atoms with E-state index in [1.54, 1.807) is 62.8 Å². The van der Waals surface area contributed by atoms with Gasteiger partial charge < -0.3 is 24.3 Å². The highest BCUT2D eigenvalue weighted by Crippen LogP contribution is 2.26. The number of anilines is 1. The fourth-order valence-electron chi connectivity index (χ4n) is 2.83. The van der Waals surface area contributed by atoms with Gasteiger partial charge in [0.1, 0.15) is 28.7 Å². The van der Waals surface area contributed by atoms with Gasteiger partial charge in [0, 0.05) is 17.3 Å². The van der Waals surface area contributed by atoms with Crippen LogP contribution in [0.3, 0.4) is 0 Å². The molecular weight excluding hydrogens is 394 g/mol. The Morgan fingerprint density at radius 1 is 0.839 bits per heavy atom. The number of carbonyl (C=O) groups is 1. The monoisotopic (exact) mass is 419 g/mol. The third-order valence-corrected chi connectivity index (χ3v) is 4.34. The summed E-state index contributed by atoms with van der Waals surface area (Å²) in [5, 5.41) is 2.82. The Balaban J connectivity index is 1.59. The third-order valence-electron chi connectivity index (χ3n) is 4.34. The second-order valence-electron chi connectivity index (χ2n) is 6.46. The van der Waals surface area contributed by atoms with Crippen LogP contribution in [-0.4, -0.2) is 26.7 Å². The number of benzene rings is 3. The summed E-state index contributed by atoms with van der Waals surface area (Å²) in [7, 11) is 3.17. The highest BCUT2D eigenvalue weighted by atomic mass is 16.5. The molecule has 160 valence electrons. The summed E-state index contributed by atoms with van der Waals surface area (Å²) in [6.07, 6.45) is 3.13. The maximum atomic E-state index is 12.3. The lowest BCUT2D eigenvalue weighted by molar-refractivity contribution is -0.111. The van der Waals surface area contributed by atoms with Crippen LogP contribution in [-0.2, 0) is 4.79 Å². The molecule has 1 amide bonds. The van der Waals surface area contributed by atoms with Crippen LogP contribution in [0.4, 0.5) is 5.69 Å². The summed E-state index contributed by atoms with van der Waals surface area (Å²) < 4.78 is 21.8. The van der Waals surface area contributed by atoms with Crippen molar-refractivity contribution < 1.29 is 23.7 Å². The molecular formula is C25H25NO5. The Hall–Kier alpha value is -3.93. The van der Waals surface area contributed by atoms with Gasteiger partial charge in [0.15, 0.2) is 0 Å². The molecule has 0 atom stereocenters. The van der Waals surface area contributed by atoms with Gasteiger partial charge in [-0.2, -0.15) is 0 Å². The largest absolute Gasteiger partial charge is 0.497 e. The third kappa shape index (κ3) is 6.27. The average Bonchev–Trinajstić information content (AvgIpc) is 2.80. The minimum atomic E-state index is -0.259. The predicted molar refractivity (Wildman–Crippen MR) is 121 cm³/mol. The van der Waals surface area contributed by atoms with Crippen LogP contribution in [0.25, 0.3) is 6.08 Å². The first-order chi connectivity index (χ1) is 15.1. The van der Waals surface area contributed by atoms with Gasteiger partial charge >= 0.3 is 0 Å². The molecule has 3 aromatic carbocycles. The lowest BCUT2D eigenvalue weighted by Gasteiger charge is -2.09. The molecule has 0 bridgehead atoms. The van der Waals surface area contributed by atoms with Crippen molar-refractivity contribution >= 4 is 17.7 Å². The lowest BCUT2D eigenvalue weighted by atomic mass is 10.1. The molecule has 0 aromatic heterocycles. The van der Waals surface area contributed by atoms with Gasteiger partial charge in [-0.3, -0.25) is 4.79 Å². The molecule has 0 radical (unpaired) electrons. The number of amides is 1. The van der Waals surface area contributed by atoms with Gasteiger partial charge in [-0.25, -0.2) is 0 Å². The van der Waals surface area contributed by atoms with E-state index in [9.17, 15) is 4.79 Å². The summed E-state index contributed by atoms with van der Waals surface area (Å²) in [5.74, 6) is 3.25. The topological polar surface area (TPSA) is 66.0 Å². The Labute approximate surface area is 182 Å². The SMILES string of the molecule is CCOc1ccc(Oc2ccc(NC(=O)/C=C/c3cc(OC)ccc3OC)cc2)cc1. The van der Waals surface area contributed by atoms with Gasteiger partial charge in [0.05, 0.1) is 20.8 Å². The molecule has 3 rings (SSSR count). The molecule has 0 saturated carbocycles. The van der Waals surface area contributed by atoms with Gasteiger partial charge in [-0.15, -0.1) is 0 Å².